The standard InChI is InChI=1S/C12H13N5O5S2.2Na.2H/c1-16-12(14-7(18)8(19)15-16)24-3-4-2-23-10-5(13)9(20)17(10)6(4)11(21)22;;;;/h5,10H,2-3,13H2,1H3,(H,15,19)(H,21,22);;;;/t5?,10-;;;;/m1..../s1. The molecule has 1 fully saturated rings. The maximum absolute atomic E-state index is 11.9. The molecular weight excluding hydrogens is 404 g/mol. The van der Waals surface area contributed by atoms with Crippen molar-refractivity contribution in [3.8, 4) is 5.88 Å². The van der Waals surface area contributed by atoms with E-state index in [1.165, 1.54) is 28.4 Å². The van der Waals surface area contributed by atoms with Crippen LogP contribution in [0.15, 0.2) is 21.2 Å². The molecule has 1 amide bonds. The van der Waals surface area contributed by atoms with E-state index < -0.39 is 29.4 Å². The molecule has 0 aromatic carbocycles. The Hall–Kier alpha value is -0.0500. The van der Waals surface area contributed by atoms with Crippen molar-refractivity contribution in [3.05, 3.63) is 21.6 Å². The topological polar surface area (TPSA) is 152 Å². The molecule has 14 heteroatoms. The summed E-state index contributed by atoms with van der Waals surface area (Å²) < 4.78 is 1.23. The molecule has 1 unspecified atom stereocenters. The normalized spacial score (nSPS) is 21.3. The Morgan fingerprint density at radius 1 is 1.42 bits per heavy atom. The molecular formula is C12H15N5Na2O5S2. The number of fused-ring (bicyclic) bond motifs is 1. The summed E-state index contributed by atoms with van der Waals surface area (Å²) in [5.74, 6) is -1.68. The van der Waals surface area contributed by atoms with Crippen LogP contribution in [0.5, 0.6) is 5.88 Å². The van der Waals surface area contributed by atoms with Gasteiger partial charge in [-0.2, -0.15) is 4.98 Å². The second-order valence-electron chi connectivity index (χ2n) is 5.13. The molecule has 1 aromatic heterocycles. The number of rotatable bonds is 4. The third kappa shape index (κ3) is 4.33. The summed E-state index contributed by atoms with van der Waals surface area (Å²) in [6.07, 6.45) is 0. The molecule has 132 valence electrons. The average molecular weight is 419 g/mol. The number of nitrogens with two attached hydrogens (primary N) is 1. The number of aromatic nitrogens is 3. The number of carboxylic acids is 1. The van der Waals surface area contributed by atoms with Gasteiger partial charge in [0.1, 0.15) is 17.1 Å². The van der Waals surface area contributed by atoms with E-state index in [2.05, 4.69) is 10.1 Å². The van der Waals surface area contributed by atoms with Gasteiger partial charge in [-0.3, -0.25) is 14.5 Å². The summed E-state index contributed by atoms with van der Waals surface area (Å²) >= 11 is 2.50. The molecule has 0 spiro atoms. The quantitative estimate of drug-likeness (QED) is 0.266. The Morgan fingerprint density at radius 2 is 2.08 bits per heavy atom. The number of thioether (sulfide) groups is 2. The van der Waals surface area contributed by atoms with Crippen molar-refractivity contribution in [2.75, 3.05) is 11.5 Å². The molecule has 4 N–H and O–H groups in total. The molecule has 0 radical (unpaired) electrons. The zero-order chi connectivity index (χ0) is 17.6. The van der Waals surface area contributed by atoms with Crippen molar-refractivity contribution in [2.45, 2.75) is 16.6 Å². The second kappa shape index (κ2) is 9.43. The Labute approximate surface area is 200 Å². The van der Waals surface area contributed by atoms with E-state index in [-0.39, 0.29) is 81.1 Å². The van der Waals surface area contributed by atoms with Gasteiger partial charge in [0.25, 0.3) is 5.88 Å². The van der Waals surface area contributed by atoms with Gasteiger partial charge >= 0.3 is 70.6 Å². The number of carbonyl (C=O) groups is 2. The van der Waals surface area contributed by atoms with Crippen LogP contribution < -0.4 is 11.3 Å². The molecule has 0 bridgehead atoms. The van der Waals surface area contributed by atoms with E-state index in [0.29, 0.717) is 11.3 Å². The van der Waals surface area contributed by atoms with E-state index >= 15 is 0 Å². The predicted octanol–water partition coefficient (Wildman–Crippen LogP) is -2.74. The van der Waals surface area contributed by atoms with Crippen LogP contribution in [0.25, 0.3) is 0 Å². The number of β-lactam (4-membered cyclic amide) rings is 1. The molecule has 3 rings (SSSR count). The van der Waals surface area contributed by atoms with Crippen molar-refractivity contribution < 1.29 is 19.8 Å². The number of aromatic hydroxyl groups is 1. The molecule has 2 aliphatic rings. The number of carbonyl (C=O) groups excluding carboxylic acids is 1. The fourth-order valence-electron chi connectivity index (χ4n) is 2.41. The van der Waals surface area contributed by atoms with Gasteiger partial charge in [0.05, 0.1) is 0 Å². The van der Waals surface area contributed by atoms with Gasteiger partial charge in [-0.25, -0.2) is 9.48 Å². The number of nitrogens with zero attached hydrogens (tertiary/aromatic N) is 4. The number of aliphatic carboxylic acids is 1. The molecule has 3 heterocycles. The molecule has 0 saturated carbocycles. The monoisotopic (exact) mass is 419 g/mol. The minimum atomic E-state index is -1.19. The van der Waals surface area contributed by atoms with E-state index in [4.69, 9.17) is 5.73 Å². The zero-order valence-electron chi connectivity index (χ0n) is 12.4. The first-order chi connectivity index (χ1) is 11.3. The van der Waals surface area contributed by atoms with E-state index in [1.807, 2.05) is 0 Å². The molecule has 26 heavy (non-hydrogen) atoms. The van der Waals surface area contributed by atoms with Crippen molar-refractivity contribution >= 4 is 94.5 Å². The summed E-state index contributed by atoms with van der Waals surface area (Å²) in [6.45, 7) is 0. The summed E-state index contributed by atoms with van der Waals surface area (Å²) in [5, 5.41) is 22.1. The SMILES string of the molecule is Cn1nc(O)c(=O)nc1SCC1=C(C(=O)O)N2C(=O)C(N)[C@H]2SC1.[NaH].[NaH]. The van der Waals surface area contributed by atoms with E-state index in [1.54, 1.807) is 0 Å². The van der Waals surface area contributed by atoms with Gasteiger partial charge in [0, 0.05) is 18.6 Å². The predicted molar refractivity (Wildman–Crippen MR) is 99.7 cm³/mol. The van der Waals surface area contributed by atoms with Gasteiger partial charge in [-0.1, -0.05) is 11.8 Å². The average Bonchev–Trinajstić information content (AvgIpc) is 2.55. The van der Waals surface area contributed by atoms with E-state index in [0.717, 1.165) is 11.8 Å². The number of hydrogen-bond donors (Lipinski definition) is 3. The maximum atomic E-state index is 11.9. The summed E-state index contributed by atoms with van der Waals surface area (Å²) in [5.41, 5.74) is 5.31. The summed E-state index contributed by atoms with van der Waals surface area (Å²) in [4.78, 5) is 39.7. The number of carboxylic acid groups (broad SMARTS) is 1. The zero-order valence-corrected chi connectivity index (χ0v) is 14.0. The van der Waals surface area contributed by atoms with Crippen LogP contribution in [0.3, 0.4) is 0 Å². The summed E-state index contributed by atoms with van der Waals surface area (Å²) in [7, 11) is 1.50. The Morgan fingerprint density at radius 3 is 2.69 bits per heavy atom. The molecule has 2 atom stereocenters. The first-order valence-electron chi connectivity index (χ1n) is 6.74. The molecule has 1 aromatic rings. The van der Waals surface area contributed by atoms with Gasteiger partial charge in [0.15, 0.2) is 5.16 Å². The Bertz CT molecular complexity index is 833. The van der Waals surface area contributed by atoms with E-state index in [9.17, 15) is 24.6 Å². The van der Waals surface area contributed by atoms with Crippen LogP contribution in [0.2, 0.25) is 0 Å². The van der Waals surface area contributed by atoms with Gasteiger partial charge in [0.2, 0.25) is 5.91 Å². The number of hydrogen-bond acceptors (Lipinski definition) is 9. The minimum absolute atomic E-state index is 0. The van der Waals surface area contributed by atoms with Crippen LogP contribution in [-0.4, -0.2) is 124 Å². The van der Waals surface area contributed by atoms with Crippen LogP contribution in [0, 0.1) is 0 Å². The number of amides is 1. The van der Waals surface area contributed by atoms with Gasteiger partial charge in [-0.05, 0) is 5.57 Å². The Kier molecular flexibility index (Phi) is 8.70. The van der Waals surface area contributed by atoms with Crippen molar-refractivity contribution in [1.29, 1.82) is 0 Å². The Balaban J connectivity index is 0.00000169. The first-order valence-corrected chi connectivity index (χ1v) is 8.77. The fourth-order valence-corrected chi connectivity index (χ4v) is 4.74. The number of aryl methyl sites for hydroxylation is 1. The molecule has 0 aliphatic carbocycles. The second-order valence-corrected chi connectivity index (χ2v) is 7.18. The third-order valence-corrected chi connectivity index (χ3v) is 6.04. The van der Waals surface area contributed by atoms with Crippen LogP contribution in [-0.2, 0) is 16.6 Å². The first kappa shape index (κ1) is 24.0. The summed E-state index contributed by atoms with van der Waals surface area (Å²) in [6, 6.07) is -0.678. The van der Waals surface area contributed by atoms with Crippen molar-refractivity contribution in [3.63, 3.8) is 0 Å². The molecule has 1 saturated heterocycles. The van der Waals surface area contributed by atoms with Crippen LogP contribution in [0.1, 0.15) is 0 Å². The third-order valence-electron chi connectivity index (χ3n) is 3.58. The molecule has 2 aliphatic heterocycles. The van der Waals surface area contributed by atoms with Crippen molar-refractivity contribution in [2.24, 2.45) is 12.8 Å². The fraction of sp³-hybridized carbons (Fsp3) is 0.417. The van der Waals surface area contributed by atoms with Crippen molar-refractivity contribution in [1.82, 2.24) is 19.7 Å². The van der Waals surface area contributed by atoms with Gasteiger partial charge in [-0.15, -0.1) is 16.9 Å². The molecule has 10 nitrogen and oxygen atoms in total. The van der Waals surface area contributed by atoms with Crippen LogP contribution >= 0.6 is 23.5 Å². The van der Waals surface area contributed by atoms with Gasteiger partial charge < -0.3 is 15.9 Å². The van der Waals surface area contributed by atoms with Crippen LogP contribution in [0.4, 0.5) is 0 Å².